The van der Waals surface area contributed by atoms with Gasteiger partial charge in [0.1, 0.15) is 6.61 Å². The molecule has 7 heteroatoms. The molecule has 0 unspecified atom stereocenters. The van der Waals surface area contributed by atoms with Crippen molar-refractivity contribution in [2.45, 2.75) is 31.6 Å². The fraction of sp³-hybridized carbons (Fsp3) is 0.350. The van der Waals surface area contributed by atoms with E-state index in [1.54, 1.807) is 24.3 Å². The summed E-state index contributed by atoms with van der Waals surface area (Å²) in [5.74, 6) is -0.0540. The highest BCUT2D eigenvalue weighted by Crippen LogP contribution is 2.33. The molecule has 0 saturated heterocycles. The molecule has 2 aromatic carbocycles. The van der Waals surface area contributed by atoms with Crippen molar-refractivity contribution in [1.29, 1.82) is 0 Å². The van der Waals surface area contributed by atoms with Crippen molar-refractivity contribution in [2.24, 2.45) is 0 Å². The molecule has 1 aliphatic rings. The highest BCUT2D eigenvalue weighted by atomic mass is 35.5. The smallest absolute Gasteiger partial charge is 0.348 e. The zero-order valence-electron chi connectivity index (χ0n) is 14.9. The molecule has 144 valence electrons. The Morgan fingerprint density at radius 1 is 1.30 bits per heavy atom. The molecule has 0 spiro atoms. The Morgan fingerprint density at radius 3 is 2.85 bits per heavy atom. The first-order valence-corrected chi connectivity index (χ1v) is 9.12. The van der Waals surface area contributed by atoms with E-state index in [0.29, 0.717) is 29.5 Å². The number of rotatable bonds is 7. The van der Waals surface area contributed by atoms with E-state index in [9.17, 15) is 9.90 Å². The average molecular weight is 392 g/mol. The van der Waals surface area contributed by atoms with Crippen LogP contribution in [0.15, 0.2) is 42.5 Å². The van der Waals surface area contributed by atoms with E-state index in [-0.39, 0.29) is 12.6 Å². The van der Waals surface area contributed by atoms with E-state index in [0.717, 1.165) is 11.1 Å². The predicted molar refractivity (Wildman–Crippen MR) is 102 cm³/mol. The summed E-state index contributed by atoms with van der Waals surface area (Å²) >= 11 is 5.96. The molecule has 27 heavy (non-hydrogen) atoms. The van der Waals surface area contributed by atoms with Gasteiger partial charge >= 0.3 is 5.97 Å². The number of aliphatic hydroxyl groups excluding tert-OH is 1. The van der Waals surface area contributed by atoms with E-state index >= 15 is 0 Å². The number of nitrogens with one attached hydrogen (secondary N) is 1. The molecule has 0 aliphatic carbocycles. The number of hydrogen-bond donors (Lipinski definition) is 3. The maximum absolute atomic E-state index is 11.1. The summed E-state index contributed by atoms with van der Waals surface area (Å²) in [7, 11) is 0. The fourth-order valence-corrected chi connectivity index (χ4v) is 3.13. The minimum absolute atomic E-state index is 0.00102. The third-order valence-corrected chi connectivity index (χ3v) is 4.61. The number of carboxylic acids is 1. The summed E-state index contributed by atoms with van der Waals surface area (Å²) in [6.07, 6.45) is -0.949. The quantitative estimate of drug-likeness (QED) is 0.672. The fourth-order valence-electron chi connectivity index (χ4n) is 2.94. The number of aliphatic carboxylic acids is 1. The highest BCUT2D eigenvalue weighted by molar-refractivity contribution is 6.30. The van der Waals surface area contributed by atoms with Gasteiger partial charge in [-0.3, -0.25) is 0 Å². The molecule has 2 aromatic rings. The molecular weight excluding hydrogens is 370 g/mol. The second-order valence-corrected chi connectivity index (χ2v) is 7.06. The van der Waals surface area contributed by atoms with Crippen LogP contribution in [-0.4, -0.2) is 41.5 Å². The number of aliphatic hydroxyl groups is 1. The van der Waals surface area contributed by atoms with Crippen LogP contribution in [0.1, 0.15) is 24.2 Å². The van der Waals surface area contributed by atoms with Gasteiger partial charge in [0.05, 0.1) is 6.10 Å². The SMILES string of the molecule is C[C@H](Cc1ccc2c(c1)O[C@H](C(=O)O)CO2)NC[C@@H](O)c1cccc(Cl)c1. The third kappa shape index (κ3) is 5.13. The first-order valence-electron chi connectivity index (χ1n) is 8.74. The van der Waals surface area contributed by atoms with Gasteiger partial charge in [0.2, 0.25) is 6.10 Å². The Balaban J connectivity index is 1.56. The topological polar surface area (TPSA) is 88.0 Å². The number of halogens is 1. The molecule has 0 aromatic heterocycles. The Bertz CT molecular complexity index is 813. The molecular formula is C20H22ClNO5. The molecule has 6 nitrogen and oxygen atoms in total. The second kappa shape index (κ2) is 8.61. The zero-order valence-corrected chi connectivity index (χ0v) is 15.6. The molecule has 1 heterocycles. The van der Waals surface area contributed by atoms with Crippen LogP contribution in [0.3, 0.4) is 0 Å². The van der Waals surface area contributed by atoms with Crippen LogP contribution in [-0.2, 0) is 11.2 Å². The van der Waals surface area contributed by atoms with E-state index < -0.39 is 18.2 Å². The number of ether oxygens (including phenoxy) is 2. The van der Waals surface area contributed by atoms with E-state index in [1.807, 2.05) is 25.1 Å². The normalized spacial score (nSPS) is 18.0. The lowest BCUT2D eigenvalue weighted by molar-refractivity contribution is -0.147. The summed E-state index contributed by atoms with van der Waals surface area (Å²) in [5, 5.41) is 23.2. The van der Waals surface area contributed by atoms with Crippen molar-refractivity contribution in [2.75, 3.05) is 13.2 Å². The zero-order chi connectivity index (χ0) is 19.4. The number of carbonyl (C=O) groups is 1. The van der Waals surface area contributed by atoms with Crippen LogP contribution in [0.25, 0.3) is 0 Å². The van der Waals surface area contributed by atoms with Crippen molar-refractivity contribution in [1.82, 2.24) is 5.32 Å². The van der Waals surface area contributed by atoms with Gasteiger partial charge < -0.3 is 25.0 Å². The van der Waals surface area contributed by atoms with Crippen molar-refractivity contribution in [3.8, 4) is 11.5 Å². The molecule has 1 aliphatic heterocycles. The molecule has 0 bridgehead atoms. The standard InChI is InChI=1S/C20H22ClNO5/c1-12(22-10-16(23)14-3-2-4-15(21)9-14)7-13-5-6-17-18(8-13)27-19(11-26-17)20(24)25/h2-6,8-9,12,16,19,22-23H,7,10-11H2,1H3,(H,24,25)/t12-,16-,19+/m1/s1. The Hall–Kier alpha value is -2.28. The average Bonchev–Trinajstić information content (AvgIpc) is 2.65. The lowest BCUT2D eigenvalue weighted by Crippen LogP contribution is -2.36. The van der Waals surface area contributed by atoms with Crippen LogP contribution in [0.5, 0.6) is 11.5 Å². The van der Waals surface area contributed by atoms with Crippen LogP contribution in [0, 0.1) is 0 Å². The minimum Gasteiger partial charge on any atom is -0.485 e. The van der Waals surface area contributed by atoms with Gasteiger partial charge in [0.25, 0.3) is 0 Å². The minimum atomic E-state index is -1.05. The summed E-state index contributed by atoms with van der Waals surface area (Å²) in [5.41, 5.74) is 1.75. The largest absolute Gasteiger partial charge is 0.485 e. The maximum Gasteiger partial charge on any atom is 0.348 e. The van der Waals surface area contributed by atoms with Gasteiger partial charge in [-0.15, -0.1) is 0 Å². The summed E-state index contributed by atoms with van der Waals surface area (Å²) in [6.45, 7) is 2.41. The first-order chi connectivity index (χ1) is 12.9. The number of fused-ring (bicyclic) bond motifs is 1. The number of hydrogen-bond acceptors (Lipinski definition) is 5. The molecule has 3 atom stereocenters. The Labute approximate surface area is 162 Å². The van der Waals surface area contributed by atoms with Gasteiger partial charge in [-0.25, -0.2) is 4.79 Å². The molecule has 3 N–H and O–H groups in total. The van der Waals surface area contributed by atoms with Crippen LogP contribution < -0.4 is 14.8 Å². The monoisotopic (exact) mass is 391 g/mol. The van der Waals surface area contributed by atoms with Crippen molar-refractivity contribution < 1.29 is 24.5 Å². The maximum atomic E-state index is 11.1. The third-order valence-electron chi connectivity index (χ3n) is 4.38. The van der Waals surface area contributed by atoms with Crippen molar-refractivity contribution >= 4 is 17.6 Å². The van der Waals surface area contributed by atoms with Crippen LogP contribution in [0.2, 0.25) is 5.02 Å². The van der Waals surface area contributed by atoms with Gasteiger partial charge in [0, 0.05) is 17.6 Å². The number of benzene rings is 2. The molecule has 0 radical (unpaired) electrons. The lowest BCUT2D eigenvalue weighted by atomic mass is 10.0. The highest BCUT2D eigenvalue weighted by Gasteiger charge is 2.27. The molecule has 0 fully saturated rings. The van der Waals surface area contributed by atoms with Crippen LogP contribution in [0.4, 0.5) is 0 Å². The predicted octanol–water partition coefficient (Wildman–Crippen LogP) is 2.82. The number of carboxylic acid groups (broad SMARTS) is 1. The molecule has 3 rings (SSSR count). The van der Waals surface area contributed by atoms with Gasteiger partial charge in [0.15, 0.2) is 11.5 Å². The lowest BCUT2D eigenvalue weighted by Gasteiger charge is -2.24. The Kier molecular flexibility index (Phi) is 6.21. The summed E-state index contributed by atoms with van der Waals surface area (Å²) in [4.78, 5) is 11.1. The van der Waals surface area contributed by atoms with E-state index in [4.69, 9.17) is 26.2 Å². The Morgan fingerprint density at radius 2 is 2.11 bits per heavy atom. The van der Waals surface area contributed by atoms with Crippen molar-refractivity contribution in [3.63, 3.8) is 0 Å². The van der Waals surface area contributed by atoms with Gasteiger partial charge in [-0.1, -0.05) is 29.8 Å². The summed E-state index contributed by atoms with van der Waals surface area (Å²) < 4.78 is 10.9. The van der Waals surface area contributed by atoms with Crippen molar-refractivity contribution in [3.05, 3.63) is 58.6 Å². The molecule has 0 saturated carbocycles. The van der Waals surface area contributed by atoms with Gasteiger partial charge in [-0.2, -0.15) is 0 Å². The van der Waals surface area contributed by atoms with E-state index in [1.165, 1.54) is 0 Å². The second-order valence-electron chi connectivity index (χ2n) is 6.62. The van der Waals surface area contributed by atoms with E-state index in [2.05, 4.69) is 5.32 Å². The molecule has 0 amide bonds. The first kappa shape index (κ1) is 19.5. The van der Waals surface area contributed by atoms with Gasteiger partial charge in [-0.05, 0) is 48.7 Å². The van der Waals surface area contributed by atoms with Crippen LogP contribution >= 0.6 is 11.6 Å². The summed E-state index contributed by atoms with van der Waals surface area (Å²) in [6, 6.07) is 12.8.